The number of carboxylic acids is 1. The van der Waals surface area contributed by atoms with Crippen LogP contribution in [0.1, 0.15) is 52.9 Å². The van der Waals surface area contributed by atoms with Gasteiger partial charge in [0.05, 0.1) is 12.0 Å². The minimum absolute atomic E-state index is 0.0610. The van der Waals surface area contributed by atoms with E-state index >= 15 is 0 Å². The fraction of sp³-hybridized carbons (Fsp3) is 0.727. The van der Waals surface area contributed by atoms with Gasteiger partial charge in [-0.3, -0.25) is 4.79 Å². The Morgan fingerprint density at radius 1 is 1.41 bits per heavy atom. The second-order valence-corrected chi connectivity index (χ2v) is 9.40. The maximum Gasteiger partial charge on any atom is 0.334 e. The van der Waals surface area contributed by atoms with Crippen LogP contribution in [0.5, 0.6) is 0 Å². The van der Waals surface area contributed by atoms with E-state index in [-0.39, 0.29) is 22.7 Å². The zero-order chi connectivity index (χ0) is 19.6. The second kappa shape index (κ2) is 6.20. The van der Waals surface area contributed by atoms with Crippen LogP contribution in [0.25, 0.3) is 0 Å². The number of carbonyl (C=O) groups excluding carboxylic acids is 1. The van der Waals surface area contributed by atoms with Gasteiger partial charge in [-0.15, -0.1) is 0 Å². The molecule has 0 radical (unpaired) electrons. The Hall–Kier alpha value is -1.62. The predicted octanol–water partition coefficient (Wildman–Crippen LogP) is 3.33. The number of carboxylic acid groups (broad SMARTS) is 1. The van der Waals surface area contributed by atoms with E-state index in [2.05, 4.69) is 19.1 Å². The van der Waals surface area contributed by atoms with Crippen molar-refractivity contribution in [3.8, 4) is 0 Å². The predicted molar refractivity (Wildman–Crippen MR) is 99.7 cm³/mol. The normalized spacial score (nSPS) is 40.2. The first-order valence-electron chi connectivity index (χ1n) is 10.2. The molecule has 1 spiro atoms. The van der Waals surface area contributed by atoms with Gasteiger partial charge in [0.1, 0.15) is 6.61 Å². The molecule has 0 aromatic heterocycles. The average Bonchev–Trinajstić information content (AvgIpc) is 3.18. The van der Waals surface area contributed by atoms with E-state index in [1.807, 2.05) is 0 Å². The fourth-order valence-electron chi connectivity index (χ4n) is 6.41. The van der Waals surface area contributed by atoms with Crippen molar-refractivity contribution in [1.29, 1.82) is 0 Å². The van der Waals surface area contributed by atoms with Gasteiger partial charge in [0.15, 0.2) is 0 Å². The first kappa shape index (κ1) is 18.7. The molecule has 4 rings (SSSR count). The molecular formula is C22H30O5. The molecule has 0 aromatic carbocycles. The number of rotatable bonds is 5. The number of cyclic esters (lactones) is 1. The van der Waals surface area contributed by atoms with Crippen LogP contribution in [-0.4, -0.2) is 34.9 Å². The molecule has 148 valence electrons. The van der Waals surface area contributed by atoms with Gasteiger partial charge in [-0.25, -0.2) is 4.79 Å². The van der Waals surface area contributed by atoms with Crippen molar-refractivity contribution in [2.24, 2.45) is 34.5 Å². The van der Waals surface area contributed by atoms with E-state index in [1.54, 1.807) is 13.8 Å². The second-order valence-electron chi connectivity index (χ2n) is 9.40. The first-order valence-corrected chi connectivity index (χ1v) is 10.2. The van der Waals surface area contributed by atoms with Gasteiger partial charge in [0, 0.05) is 5.57 Å². The lowest BCUT2D eigenvalue weighted by Crippen LogP contribution is -2.43. The lowest BCUT2D eigenvalue weighted by Gasteiger charge is -2.50. The number of aliphatic hydroxyl groups excluding tert-OH is 1. The van der Waals surface area contributed by atoms with Crippen LogP contribution in [0.15, 0.2) is 23.3 Å². The third kappa shape index (κ3) is 2.61. The van der Waals surface area contributed by atoms with E-state index in [4.69, 9.17) is 4.74 Å². The monoisotopic (exact) mass is 374 g/mol. The molecule has 7 atom stereocenters. The standard InChI is InChI=1S/C22H30O5/c1-12(19(24)25)16(13(2)23)9-14-10-22(14)7-4-5-18-17-11-27-20(26)15(17)6-8-21(18,22)3/h4,7,12-14,16,18,23H,5-6,8-11H2,1-3H3,(H,24,25)/t12?,13-,14+,16?,18?,21-,22+/m0/s1. The maximum atomic E-state index is 12.0. The molecule has 0 bridgehead atoms. The van der Waals surface area contributed by atoms with Gasteiger partial charge in [0.2, 0.25) is 0 Å². The quantitative estimate of drug-likeness (QED) is 0.570. The van der Waals surface area contributed by atoms with E-state index < -0.39 is 18.0 Å². The zero-order valence-electron chi connectivity index (χ0n) is 16.4. The van der Waals surface area contributed by atoms with Crippen LogP contribution in [0, 0.1) is 34.5 Å². The number of carbonyl (C=O) groups is 2. The summed E-state index contributed by atoms with van der Waals surface area (Å²) in [5.74, 6) is -1.03. The highest BCUT2D eigenvalue weighted by Gasteiger charge is 2.67. The van der Waals surface area contributed by atoms with Gasteiger partial charge in [-0.05, 0) is 73.2 Å². The van der Waals surface area contributed by atoms with Crippen LogP contribution in [0.4, 0.5) is 0 Å². The topological polar surface area (TPSA) is 83.8 Å². The van der Waals surface area contributed by atoms with Crippen molar-refractivity contribution < 1.29 is 24.5 Å². The summed E-state index contributed by atoms with van der Waals surface area (Å²) in [6.07, 6.45) is 8.47. The van der Waals surface area contributed by atoms with E-state index in [9.17, 15) is 19.8 Å². The summed E-state index contributed by atoms with van der Waals surface area (Å²) in [5, 5.41) is 19.6. The smallest absolute Gasteiger partial charge is 0.334 e. The molecule has 5 heteroatoms. The summed E-state index contributed by atoms with van der Waals surface area (Å²) in [4.78, 5) is 23.5. The SMILES string of the molecule is CC(C(=O)O)C(C[C@@H]1C[C@]12C=CCC1C3=C(CC[C@@]12C)C(=O)OC3)[C@H](C)O. The Morgan fingerprint density at radius 3 is 2.81 bits per heavy atom. The van der Waals surface area contributed by atoms with Crippen LogP contribution in [-0.2, 0) is 14.3 Å². The molecule has 2 N–H and O–H groups in total. The summed E-state index contributed by atoms with van der Waals surface area (Å²) in [6, 6.07) is 0. The Balaban J connectivity index is 1.59. The highest BCUT2D eigenvalue weighted by molar-refractivity contribution is 5.92. The Bertz CT molecular complexity index is 735. The van der Waals surface area contributed by atoms with E-state index in [0.717, 1.165) is 37.7 Å². The molecule has 3 unspecified atom stereocenters. The molecule has 1 aliphatic heterocycles. The molecule has 1 saturated carbocycles. The first-order chi connectivity index (χ1) is 12.7. The fourth-order valence-corrected chi connectivity index (χ4v) is 6.41. The lowest BCUT2D eigenvalue weighted by atomic mass is 9.53. The molecule has 4 aliphatic rings. The van der Waals surface area contributed by atoms with Crippen molar-refractivity contribution in [1.82, 2.24) is 0 Å². The Labute approximate surface area is 160 Å². The number of ether oxygens (including phenoxy) is 1. The summed E-state index contributed by atoms with van der Waals surface area (Å²) in [6.45, 7) is 6.20. The molecule has 0 aromatic rings. The summed E-state index contributed by atoms with van der Waals surface area (Å²) in [5.41, 5.74) is 2.25. The van der Waals surface area contributed by atoms with Crippen molar-refractivity contribution in [3.63, 3.8) is 0 Å². The minimum atomic E-state index is -0.840. The van der Waals surface area contributed by atoms with Crippen molar-refractivity contribution >= 4 is 11.9 Å². The zero-order valence-corrected chi connectivity index (χ0v) is 16.4. The Kier molecular flexibility index (Phi) is 4.30. The number of aliphatic carboxylic acids is 1. The van der Waals surface area contributed by atoms with Gasteiger partial charge < -0.3 is 14.9 Å². The maximum absolute atomic E-state index is 12.0. The molecule has 0 saturated heterocycles. The summed E-state index contributed by atoms with van der Waals surface area (Å²) >= 11 is 0. The average molecular weight is 374 g/mol. The third-order valence-electron chi connectivity index (χ3n) is 8.29. The van der Waals surface area contributed by atoms with Gasteiger partial charge in [-0.1, -0.05) is 26.0 Å². The lowest BCUT2D eigenvalue weighted by molar-refractivity contribution is -0.145. The van der Waals surface area contributed by atoms with Gasteiger partial charge in [-0.2, -0.15) is 0 Å². The molecule has 1 fully saturated rings. The number of aliphatic hydroxyl groups is 1. The molecule has 5 nitrogen and oxygen atoms in total. The van der Waals surface area contributed by atoms with Gasteiger partial charge >= 0.3 is 11.9 Å². The van der Waals surface area contributed by atoms with Crippen LogP contribution in [0.2, 0.25) is 0 Å². The van der Waals surface area contributed by atoms with Crippen LogP contribution >= 0.6 is 0 Å². The Morgan fingerprint density at radius 2 is 2.15 bits per heavy atom. The van der Waals surface area contributed by atoms with Crippen molar-refractivity contribution in [2.75, 3.05) is 6.61 Å². The number of fused-ring (bicyclic) bond motifs is 3. The summed E-state index contributed by atoms with van der Waals surface area (Å²) in [7, 11) is 0. The van der Waals surface area contributed by atoms with Crippen LogP contribution in [0.3, 0.4) is 0 Å². The van der Waals surface area contributed by atoms with Crippen molar-refractivity contribution in [2.45, 2.75) is 59.0 Å². The molecule has 1 heterocycles. The number of esters is 1. The molecule has 3 aliphatic carbocycles. The summed E-state index contributed by atoms with van der Waals surface area (Å²) < 4.78 is 5.33. The third-order valence-corrected chi connectivity index (χ3v) is 8.29. The van der Waals surface area contributed by atoms with Crippen LogP contribution < -0.4 is 0 Å². The molecule has 27 heavy (non-hydrogen) atoms. The van der Waals surface area contributed by atoms with Crippen molar-refractivity contribution in [3.05, 3.63) is 23.3 Å². The van der Waals surface area contributed by atoms with E-state index in [1.165, 1.54) is 5.57 Å². The number of allylic oxidation sites excluding steroid dienone is 2. The van der Waals surface area contributed by atoms with E-state index in [0.29, 0.717) is 18.4 Å². The molecular weight excluding hydrogens is 344 g/mol. The largest absolute Gasteiger partial charge is 0.481 e. The highest BCUT2D eigenvalue weighted by Crippen LogP contribution is 2.74. The number of hydrogen-bond acceptors (Lipinski definition) is 4. The minimum Gasteiger partial charge on any atom is -0.481 e. The number of hydrogen-bond donors (Lipinski definition) is 2. The highest BCUT2D eigenvalue weighted by atomic mass is 16.5. The molecule has 0 amide bonds. The van der Waals surface area contributed by atoms with Gasteiger partial charge in [0.25, 0.3) is 0 Å².